The Morgan fingerprint density at radius 2 is 2.08 bits per heavy atom. The van der Waals surface area contributed by atoms with E-state index in [1.807, 2.05) is 0 Å². The Labute approximate surface area is 149 Å². The van der Waals surface area contributed by atoms with Gasteiger partial charge in [0, 0.05) is 11.6 Å². The molecular weight excluding hydrogens is 347 g/mol. The summed E-state index contributed by atoms with van der Waals surface area (Å²) in [6, 6.07) is 5.17. The fourth-order valence-corrected chi connectivity index (χ4v) is 5.46. The van der Waals surface area contributed by atoms with Crippen molar-refractivity contribution in [2.45, 2.75) is 38.3 Å². The highest BCUT2D eigenvalue weighted by Crippen LogP contribution is 2.39. The normalized spacial score (nSPS) is 28.2. The van der Waals surface area contributed by atoms with E-state index in [0.29, 0.717) is 15.5 Å². The van der Waals surface area contributed by atoms with Gasteiger partial charge in [0.25, 0.3) is 5.91 Å². The molecule has 6 heteroatoms. The minimum absolute atomic E-state index is 0.0396. The quantitative estimate of drug-likeness (QED) is 0.859. The number of carbonyl (C=O) groups is 1. The number of piperidine rings is 3. The van der Waals surface area contributed by atoms with Crippen molar-refractivity contribution in [2.75, 3.05) is 13.1 Å². The van der Waals surface area contributed by atoms with Crippen molar-refractivity contribution >= 4 is 38.9 Å². The summed E-state index contributed by atoms with van der Waals surface area (Å²) in [5.41, 5.74) is -0.0396. The Kier molecular flexibility index (Phi) is 3.86. The van der Waals surface area contributed by atoms with Gasteiger partial charge in [0.05, 0.1) is 14.6 Å². The monoisotopic (exact) mass is 366 g/mol. The number of fused-ring (bicyclic) bond motifs is 4. The van der Waals surface area contributed by atoms with Crippen LogP contribution in [-0.2, 0) is 0 Å². The number of hydrogen-bond donors (Lipinski definition) is 1. The van der Waals surface area contributed by atoms with Gasteiger partial charge in [-0.3, -0.25) is 9.69 Å². The average molecular weight is 367 g/mol. The van der Waals surface area contributed by atoms with Crippen LogP contribution in [-0.4, -0.2) is 35.5 Å². The predicted molar refractivity (Wildman–Crippen MR) is 96.4 cm³/mol. The zero-order valence-corrected chi connectivity index (χ0v) is 15.3. The third kappa shape index (κ3) is 2.45. The van der Waals surface area contributed by atoms with Crippen LogP contribution in [0, 0.1) is 11.7 Å². The maximum atomic E-state index is 14.1. The first-order valence-corrected chi connectivity index (χ1v) is 9.51. The summed E-state index contributed by atoms with van der Waals surface area (Å²) in [6.45, 7) is 6.62. The number of thiophene rings is 1. The molecular formula is C18H20ClFN2OS. The van der Waals surface area contributed by atoms with Crippen molar-refractivity contribution in [3.63, 3.8) is 0 Å². The fraction of sp³-hybridized carbons (Fsp3) is 0.500. The molecule has 0 radical (unpaired) electrons. The first-order valence-electron chi connectivity index (χ1n) is 8.31. The standard InChI is InChI=1S/C18H20ClFN2OS/c1-18(2)16(10-5-7-22(18)8-6-10)21-17(23)13-9-11-3-4-12(19)14(20)15(11)24-13/h3-4,9-10,16H,5-8H2,1-2H3,(H,21,23). The molecule has 128 valence electrons. The molecule has 24 heavy (non-hydrogen) atoms. The Morgan fingerprint density at radius 3 is 2.75 bits per heavy atom. The smallest absolute Gasteiger partial charge is 0.261 e. The summed E-state index contributed by atoms with van der Waals surface area (Å²) >= 11 is 7.01. The van der Waals surface area contributed by atoms with Crippen LogP contribution in [0.15, 0.2) is 18.2 Å². The molecule has 5 rings (SSSR count). The minimum atomic E-state index is -0.443. The van der Waals surface area contributed by atoms with E-state index in [1.165, 1.54) is 17.4 Å². The number of amides is 1. The topological polar surface area (TPSA) is 32.3 Å². The van der Waals surface area contributed by atoms with E-state index < -0.39 is 5.82 Å². The van der Waals surface area contributed by atoms with E-state index >= 15 is 0 Å². The first-order chi connectivity index (χ1) is 11.4. The van der Waals surface area contributed by atoms with Gasteiger partial charge in [-0.05, 0) is 63.2 Å². The Morgan fingerprint density at radius 1 is 1.38 bits per heavy atom. The summed E-state index contributed by atoms with van der Waals surface area (Å²) < 4.78 is 14.6. The molecule has 3 fully saturated rings. The molecule has 3 saturated heterocycles. The van der Waals surface area contributed by atoms with Crippen molar-refractivity contribution in [2.24, 2.45) is 5.92 Å². The van der Waals surface area contributed by atoms with Crippen LogP contribution in [0.1, 0.15) is 36.4 Å². The molecule has 1 amide bonds. The summed E-state index contributed by atoms with van der Waals surface area (Å²) in [5, 5.41) is 4.04. The lowest BCUT2D eigenvalue weighted by Gasteiger charge is -2.56. The van der Waals surface area contributed by atoms with Gasteiger partial charge in [-0.15, -0.1) is 11.3 Å². The Balaban J connectivity index is 1.61. The highest BCUT2D eigenvalue weighted by atomic mass is 35.5. The summed E-state index contributed by atoms with van der Waals surface area (Å²) in [5.74, 6) is -0.0329. The van der Waals surface area contributed by atoms with Crippen LogP contribution in [0.4, 0.5) is 4.39 Å². The molecule has 0 saturated carbocycles. The molecule has 3 aliphatic heterocycles. The molecule has 2 bridgehead atoms. The largest absolute Gasteiger partial charge is 0.346 e. The predicted octanol–water partition coefficient (Wildman–Crippen LogP) is 4.30. The lowest BCUT2D eigenvalue weighted by molar-refractivity contribution is -0.0377. The first kappa shape index (κ1) is 16.3. The molecule has 0 spiro atoms. The van der Waals surface area contributed by atoms with Gasteiger partial charge in [-0.2, -0.15) is 0 Å². The second kappa shape index (κ2) is 5.68. The molecule has 1 N–H and O–H groups in total. The maximum absolute atomic E-state index is 14.1. The minimum Gasteiger partial charge on any atom is -0.346 e. The van der Waals surface area contributed by atoms with Crippen LogP contribution in [0.3, 0.4) is 0 Å². The van der Waals surface area contributed by atoms with Crippen LogP contribution in [0.5, 0.6) is 0 Å². The van der Waals surface area contributed by atoms with E-state index in [2.05, 4.69) is 24.1 Å². The van der Waals surface area contributed by atoms with Gasteiger partial charge in [0.2, 0.25) is 0 Å². The van der Waals surface area contributed by atoms with Crippen molar-refractivity contribution in [3.05, 3.63) is 33.9 Å². The van der Waals surface area contributed by atoms with Crippen molar-refractivity contribution in [3.8, 4) is 0 Å². The van der Waals surface area contributed by atoms with Crippen molar-refractivity contribution < 1.29 is 9.18 Å². The van der Waals surface area contributed by atoms with Crippen LogP contribution >= 0.6 is 22.9 Å². The van der Waals surface area contributed by atoms with E-state index in [9.17, 15) is 9.18 Å². The number of halogens is 2. The molecule has 1 atom stereocenters. The van der Waals surface area contributed by atoms with Crippen LogP contribution < -0.4 is 5.32 Å². The molecule has 3 aliphatic rings. The molecule has 0 aliphatic carbocycles. The number of carbonyl (C=O) groups excluding carboxylic acids is 1. The van der Waals surface area contributed by atoms with Crippen LogP contribution in [0.25, 0.3) is 10.1 Å². The van der Waals surface area contributed by atoms with Gasteiger partial charge in [-0.25, -0.2) is 4.39 Å². The highest BCUT2D eigenvalue weighted by Gasteiger charge is 2.48. The van der Waals surface area contributed by atoms with E-state index in [-0.39, 0.29) is 22.5 Å². The number of hydrogen-bond acceptors (Lipinski definition) is 3. The van der Waals surface area contributed by atoms with E-state index in [0.717, 1.165) is 31.3 Å². The van der Waals surface area contributed by atoms with Gasteiger partial charge >= 0.3 is 0 Å². The molecule has 2 aromatic rings. The molecule has 4 heterocycles. The number of benzene rings is 1. The maximum Gasteiger partial charge on any atom is 0.261 e. The lowest BCUT2D eigenvalue weighted by Crippen LogP contribution is -2.69. The lowest BCUT2D eigenvalue weighted by atomic mass is 9.72. The molecule has 1 aromatic heterocycles. The molecule has 1 unspecified atom stereocenters. The van der Waals surface area contributed by atoms with Gasteiger partial charge in [0.15, 0.2) is 5.82 Å². The van der Waals surface area contributed by atoms with Crippen molar-refractivity contribution in [1.82, 2.24) is 10.2 Å². The van der Waals surface area contributed by atoms with E-state index in [1.54, 1.807) is 12.1 Å². The Bertz CT molecular complexity index is 811. The SMILES string of the molecule is CC1(C)C(NC(=O)c2cc3ccc(Cl)c(F)c3s2)C2CCN1CC2. The summed E-state index contributed by atoms with van der Waals surface area (Å²) in [4.78, 5) is 15.8. The zero-order chi connectivity index (χ0) is 17.1. The summed E-state index contributed by atoms with van der Waals surface area (Å²) in [6.07, 6.45) is 2.26. The van der Waals surface area contributed by atoms with Gasteiger partial charge in [0.1, 0.15) is 0 Å². The highest BCUT2D eigenvalue weighted by molar-refractivity contribution is 7.20. The number of nitrogens with zero attached hydrogens (tertiary/aromatic N) is 1. The number of nitrogens with one attached hydrogen (secondary N) is 1. The fourth-order valence-electron chi connectivity index (χ4n) is 4.25. The summed E-state index contributed by atoms with van der Waals surface area (Å²) in [7, 11) is 0. The van der Waals surface area contributed by atoms with E-state index in [4.69, 9.17) is 11.6 Å². The zero-order valence-electron chi connectivity index (χ0n) is 13.7. The molecule has 3 nitrogen and oxygen atoms in total. The third-order valence-electron chi connectivity index (χ3n) is 5.68. The second-order valence-corrected chi connectivity index (χ2v) is 8.78. The molecule has 1 aromatic carbocycles. The van der Waals surface area contributed by atoms with Gasteiger partial charge in [-0.1, -0.05) is 17.7 Å². The number of rotatable bonds is 2. The van der Waals surface area contributed by atoms with Gasteiger partial charge < -0.3 is 5.32 Å². The average Bonchev–Trinajstić information content (AvgIpc) is 3.00. The second-order valence-electron chi connectivity index (χ2n) is 7.32. The van der Waals surface area contributed by atoms with Crippen molar-refractivity contribution in [1.29, 1.82) is 0 Å². The third-order valence-corrected chi connectivity index (χ3v) is 7.11. The van der Waals surface area contributed by atoms with Crippen LogP contribution in [0.2, 0.25) is 5.02 Å². The Hall–Kier alpha value is -1.17.